The van der Waals surface area contributed by atoms with Gasteiger partial charge in [-0.2, -0.15) is 0 Å². The van der Waals surface area contributed by atoms with Gasteiger partial charge in [0.05, 0.1) is 5.69 Å². The van der Waals surface area contributed by atoms with Crippen LogP contribution in [0.3, 0.4) is 0 Å². The predicted octanol–water partition coefficient (Wildman–Crippen LogP) is 3.84. The number of aryl methyl sites for hydroxylation is 1. The van der Waals surface area contributed by atoms with Crippen LogP contribution in [0.15, 0.2) is 42.5 Å². The number of halogens is 1. The third-order valence-electron chi connectivity index (χ3n) is 2.85. The number of hydrogen-bond acceptors (Lipinski definition) is 2. The summed E-state index contributed by atoms with van der Waals surface area (Å²) >= 11 is 5.95. The highest BCUT2D eigenvalue weighted by molar-refractivity contribution is 6.31. The summed E-state index contributed by atoms with van der Waals surface area (Å²) in [6.45, 7) is 3.35. The van der Waals surface area contributed by atoms with Crippen molar-refractivity contribution in [3.63, 3.8) is 0 Å². The molecule has 4 heteroatoms. The van der Waals surface area contributed by atoms with E-state index in [1.807, 2.05) is 19.1 Å². The number of carbonyl (C=O) groups is 2. The number of amides is 1. The first-order valence-corrected chi connectivity index (χ1v) is 6.53. The number of benzene rings is 2. The summed E-state index contributed by atoms with van der Waals surface area (Å²) in [7, 11) is 0. The maximum Gasteiger partial charge on any atom is 0.221 e. The molecule has 102 valence electrons. The SMILES string of the molecule is CC(=O)Nc1ccc(Cl)cc1C(=O)c1ccc(C)cc1. The number of carbonyl (C=O) groups excluding carboxylic acids is 2. The molecule has 0 heterocycles. The minimum atomic E-state index is -0.231. The lowest BCUT2D eigenvalue weighted by Crippen LogP contribution is -2.11. The number of rotatable bonds is 3. The van der Waals surface area contributed by atoms with Crippen LogP contribution in [0.4, 0.5) is 5.69 Å². The Balaban J connectivity index is 2.44. The Bertz CT molecular complexity index is 663. The van der Waals surface area contributed by atoms with Gasteiger partial charge < -0.3 is 5.32 Å². The van der Waals surface area contributed by atoms with E-state index in [0.29, 0.717) is 21.8 Å². The molecule has 0 unspecified atom stereocenters. The molecule has 2 aromatic rings. The first-order valence-electron chi connectivity index (χ1n) is 6.16. The first kappa shape index (κ1) is 14.3. The molecule has 1 N–H and O–H groups in total. The minimum Gasteiger partial charge on any atom is -0.326 e. The van der Waals surface area contributed by atoms with Crippen LogP contribution in [0.2, 0.25) is 5.02 Å². The third-order valence-corrected chi connectivity index (χ3v) is 3.09. The molecule has 0 saturated heterocycles. The van der Waals surface area contributed by atoms with Crippen molar-refractivity contribution in [3.05, 3.63) is 64.2 Å². The molecule has 0 bridgehead atoms. The van der Waals surface area contributed by atoms with Crippen molar-refractivity contribution in [3.8, 4) is 0 Å². The molecular formula is C16H14ClNO2. The van der Waals surface area contributed by atoms with Gasteiger partial charge in [-0.15, -0.1) is 0 Å². The molecular weight excluding hydrogens is 274 g/mol. The van der Waals surface area contributed by atoms with Crippen molar-refractivity contribution in [1.82, 2.24) is 0 Å². The van der Waals surface area contributed by atoms with Crippen molar-refractivity contribution < 1.29 is 9.59 Å². The molecule has 3 nitrogen and oxygen atoms in total. The minimum absolute atomic E-state index is 0.170. The zero-order chi connectivity index (χ0) is 14.7. The largest absolute Gasteiger partial charge is 0.326 e. The molecule has 0 aliphatic heterocycles. The highest BCUT2D eigenvalue weighted by Crippen LogP contribution is 2.23. The van der Waals surface area contributed by atoms with Crippen LogP contribution < -0.4 is 5.32 Å². The molecule has 0 radical (unpaired) electrons. The highest BCUT2D eigenvalue weighted by Gasteiger charge is 2.15. The lowest BCUT2D eigenvalue weighted by atomic mass is 10.0. The van der Waals surface area contributed by atoms with Gasteiger partial charge in [-0.1, -0.05) is 41.4 Å². The molecule has 0 aromatic heterocycles. The van der Waals surface area contributed by atoms with E-state index in [2.05, 4.69) is 5.32 Å². The standard InChI is InChI=1S/C16H14ClNO2/c1-10-3-5-12(6-4-10)16(20)14-9-13(17)7-8-15(14)18-11(2)19/h3-9H,1-2H3,(H,18,19). The van der Waals surface area contributed by atoms with Crippen LogP contribution in [-0.2, 0) is 4.79 Å². The average molecular weight is 288 g/mol. The van der Waals surface area contributed by atoms with Crippen LogP contribution in [0.1, 0.15) is 28.4 Å². The van der Waals surface area contributed by atoms with Gasteiger partial charge in [0.2, 0.25) is 5.91 Å². The Morgan fingerprint density at radius 1 is 1.05 bits per heavy atom. The topological polar surface area (TPSA) is 46.2 Å². The van der Waals surface area contributed by atoms with E-state index in [0.717, 1.165) is 5.56 Å². The van der Waals surface area contributed by atoms with Gasteiger partial charge >= 0.3 is 0 Å². The van der Waals surface area contributed by atoms with Gasteiger partial charge in [0.1, 0.15) is 0 Å². The van der Waals surface area contributed by atoms with Crippen LogP contribution in [0.5, 0.6) is 0 Å². The summed E-state index contributed by atoms with van der Waals surface area (Å²) in [4.78, 5) is 23.7. The van der Waals surface area contributed by atoms with Gasteiger partial charge in [0.15, 0.2) is 5.78 Å². The summed E-state index contributed by atoms with van der Waals surface area (Å²) in [6.07, 6.45) is 0. The molecule has 0 spiro atoms. The van der Waals surface area contributed by atoms with E-state index in [-0.39, 0.29) is 11.7 Å². The van der Waals surface area contributed by atoms with E-state index >= 15 is 0 Å². The Morgan fingerprint density at radius 2 is 1.70 bits per heavy atom. The fourth-order valence-corrected chi connectivity index (χ4v) is 2.04. The zero-order valence-corrected chi connectivity index (χ0v) is 12.0. The number of nitrogens with one attached hydrogen (secondary N) is 1. The van der Waals surface area contributed by atoms with E-state index in [4.69, 9.17) is 11.6 Å². The maximum atomic E-state index is 12.5. The van der Waals surface area contributed by atoms with Crippen LogP contribution >= 0.6 is 11.6 Å². The molecule has 0 atom stereocenters. The van der Waals surface area contributed by atoms with Crippen molar-refractivity contribution in [2.24, 2.45) is 0 Å². The van der Waals surface area contributed by atoms with E-state index in [1.165, 1.54) is 6.92 Å². The van der Waals surface area contributed by atoms with Gasteiger partial charge in [-0.3, -0.25) is 9.59 Å². The molecule has 0 aliphatic carbocycles. The number of ketones is 1. The van der Waals surface area contributed by atoms with E-state index < -0.39 is 0 Å². The Morgan fingerprint density at radius 3 is 2.30 bits per heavy atom. The average Bonchev–Trinajstić information content (AvgIpc) is 2.40. The van der Waals surface area contributed by atoms with Gasteiger partial charge in [-0.25, -0.2) is 0 Å². The third kappa shape index (κ3) is 3.25. The molecule has 0 aliphatic rings. The monoisotopic (exact) mass is 287 g/mol. The molecule has 2 rings (SSSR count). The summed E-state index contributed by atoms with van der Waals surface area (Å²) in [6, 6.07) is 12.1. The Hall–Kier alpha value is -2.13. The van der Waals surface area contributed by atoms with Gasteiger partial charge in [0.25, 0.3) is 0 Å². The maximum absolute atomic E-state index is 12.5. The van der Waals surface area contributed by atoms with Crippen LogP contribution in [-0.4, -0.2) is 11.7 Å². The smallest absolute Gasteiger partial charge is 0.221 e. The second-order valence-electron chi connectivity index (χ2n) is 4.57. The molecule has 0 saturated carbocycles. The summed E-state index contributed by atoms with van der Waals surface area (Å²) in [5, 5.41) is 3.10. The fourth-order valence-electron chi connectivity index (χ4n) is 1.86. The van der Waals surface area contributed by atoms with Crippen molar-refractivity contribution in [2.45, 2.75) is 13.8 Å². The van der Waals surface area contributed by atoms with Gasteiger partial charge in [0, 0.05) is 23.1 Å². The van der Waals surface area contributed by atoms with E-state index in [9.17, 15) is 9.59 Å². The van der Waals surface area contributed by atoms with Crippen LogP contribution in [0, 0.1) is 6.92 Å². The second kappa shape index (κ2) is 5.88. The normalized spacial score (nSPS) is 10.2. The van der Waals surface area contributed by atoms with Crippen LogP contribution in [0.25, 0.3) is 0 Å². The fraction of sp³-hybridized carbons (Fsp3) is 0.125. The number of hydrogen-bond donors (Lipinski definition) is 1. The Kier molecular flexibility index (Phi) is 4.20. The van der Waals surface area contributed by atoms with Crippen molar-refractivity contribution >= 4 is 29.0 Å². The summed E-state index contributed by atoms with van der Waals surface area (Å²) in [5.74, 6) is -0.401. The van der Waals surface area contributed by atoms with Gasteiger partial charge in [-0.05, 0) is 25.1 Å². The lowest BCUT2D eigenvalue weighted by Gasteiger charge is -2.10. The lowest BCUT2D eigenvalue weighted by molar-refractivity contribution is -0.114. The molecule has 0 fully saturated rings. The highest BCUT2D eigenvalue weighted by atomic mass is 35.5. The van der Waals surface area contributed by atoms with Crippen molar-refractivity contribution in [1.29, 1.82) is 0 Å². The first-order chi connectivity index (χ1) is 9.47. The summed E-state index contributed by atoms with van der Waals surface area (Å²) < 4.78 is 0. The zero-order valence-electron chi connectivity index (χ0n) is 11.2. The Labute approximate surface area is 122 Å². The summed E-state index contributed by atoms with van der Waals surface area (Å²) in [5.41, 5.74) is 2.49. The molecule has 1 amide bonds. The second-order valence-corrected chi connectivity index (χ2v) is 5.00. The molecule has 2 aromatic carbocycles. The number of anilines is 1. The van der Waals surface area contributed by atoms with E-state index in [1.54, 1.807) is 30.3 Å². The predicted molar refractivity (Wildman–Crippen MR) is 80.4 cm³/mol. The molecule has 20 heavy (non-hydrogen) atoms. The quantitative estimate of drug-likeness (QED) is 0.872. The van der Waals surface area contributed by atoms with Crippen molar-refractivity contribution in [2.75, 3.05) is 5.32 Å².